The number of likely N-dealkylation sites (tertiary alicyclic amines) is 1. The quantitative estimate of drug-likeness (QED) is 0.681. The number of hydrogen-bond donors (Lipinski definition) is 1. The van der Waals surface area contributed by atoms with Crippen molar-refractivity contribution >= 4 is 29.1 Å². The maximum absolute atomic E-state index is 13.7. The molecule has 2 aliphatic rings. The molecular weight excluding hydrogens is 432 g/mol. The number of anilines is 2. The largest absolute Gasteiger partial charge is 0.497 e. The Morgan fingerprint density at radius 3 is 2.32 bits per heavy atom. The smallest absolute Gasteiger partial charge is 0.250 e. The van der Waals surface area contributed by atoms with Crippen molar-refractivity contribution < 1.29 is 19.1 Å². The summed E-state index contributed by atoms with van der Waals surface area (Å²) in [7, 11) is 1.59. The van der Waals surface area contributed by atoms with Crippen LogP contribution in [0.25, 0.3) is 0 Å². The van der Waals surface area contributed by atoms with E-state index >= 15 is 0 Å². The number of hydrogen-bond acceptors (Lipinski definition) is 5. The minimum Gasteiger partial charge on any atom is -0.497 e. The lowest BCUT2D eigenvalue weighted by Crippen LogP contribution is -2.57. The Morgan fingerprint density at radius 1 is 1.03 bits per heavy atom. The third-order valence-corrected chi connectivity index (χ3v) is 6.70. The second kappa shape index (κ2) is 10.2. The third-order valence-electron chi connectivity index (χ3n) is 6.70. The Balaban J connectivity index is 1.50. The van der Waals surface area contributed by atoms with E-state index in [9.17, 15) is 14.4 Å². The molecule has 2 fully saturated rings. The number of para-hydroxylation sites is 1. The van der Waals surface area contributed by atoms with Gasteiger partial charge in [-0.1, -0.05) is 25.1 Å². The highest BCUT2D eigenvalue weighted by Crippen LogP contribution is 2.39. The summed E-state index contributed by atoms with van der Waals surface area (Å²) in [4.78, 5) is 44.5. The van der Waals surface area contributed by atoms with Crippen molar-refractivity contribution in [1.29, 1.82) is 0 Å². The first-order valence-electron chi connectivity index (χ1n) is 11.8. The van der Waals surface area contributed by atoms with Crippen LogP contribution in [-0.4, -0.2) is 66.5 Å². The summed E-state index contributed by atoms with van der Waals surface area (Å²) < 4.78 is 5.15. The van der Waals surface area contributed by atoms with E-state index in [-0.39, 0.29) is 24.3 Å². The molecule has 3 amide bonds. The van der Waals surface area contributed by atoms with E-state index in [1.807, 2.05) is 42.2 Å². The highest BCUT2D eigenvalue weighted by molar-refractivity contribution is 5.99. The molecule has 2 aromatic rings. The molecule has 0 bridgehead atoms. The number of carbonyl (C=O) groups excluding carboxylic acids is 3. The Morgan fingerprint density at radius 2 is 1.71 bits per heavy atom. The van der Waals surface area contributed by atoms with Gasteiger partial charge < -0.3 is 24.8 Å². The third kappa shape index (κ3) is 4.71. The molecule has 0 saturated carbocycles. The van der Waals surface area contributed by atoms with Gasteiger partial charge in [-0.05, 0) is 55.7 Å². The van der Waals surface area contributed by atoms with Crippen LogP contribution in [0.4, 0.5) is 11.4 Å². The van der Waals surface area contributed by atoms with Gasteiger partial charge in [0.2, 0.25) is 11.8 Å². The van der Waals surface area contributed by atoms with E-state index in [2.05, 4.69) is 10.2 Å². The predicted octanol–water partition coefficient (Wildman–Crippen LogP) is 3.10. The van der Waals surface area contributed by atoms with Crippen molar-refractivity contribution in [2.24, 2.45) is 0 Å². The number of nitrogens with one attached hydrogen (secondary N) is 1. The normalized spacial score (nSPS) is 17.2. The van der Waals surface area contributed by atoms with Gasteiger partial charge in [-0.3, -0.25) is 14.4 Å². The molecule has 2 aliphatic heterocycles. The van der Waals surface area contributed by atoms with Gasteiger partial charge >= 0.3 is 0 Å². The fourth-order valence-electron chi connectivity index (χ4n) is 4.87. The van der Waals surface area contributed by atoms with Crippen LogP contribution in [0.1, 0.15) is 32.6 Å². The molecule has 8 heteroatoms. The predicted molar refractivity (Wildman–Crippen MR) is 131 cm³/mol. The van der Waals surface area contributed by atoms with E-state index in [0.29, 0.717) is 50.5 Å². The molecule has 0 aromatic heterocycles. The Labute approximate surface area is 200 Å². The standard InChI is InChI=1S/C26H32N4O4/c1-3-7-24(32)28-16-14-26(15-17-28)25(33)29(19-30(26)21-8-5-4-6-9-21)18-23(31)27-20-10-12-22(34-2)13-11-20/h4-6,8-13H,3,7,14-19H2,1-2H3,(H,27,31). The lowest BCUT2D eigenvalue weighted by molar-refractivity contribution is -0.139. The molecule has 34 heavy (non-hydrogen) atoms. The maximum atomic E-state index is 13.7. The SMILES string of the molecule is CCCC(=O)N1CCC2(CC1)C(=O)N(CC(=O)Nc1ccc(OC)cc1)CN2c1ccccc1. The van der Waals surface area contributed by atoms with E-state index in [1.165, 1.54) is 0 Å². The van der Waals surface area contributed by atoms with Gasteiger partial charge in [0.1, 0.15) is 17.8 Å². The van der Waals surface area contributed by atoms with Crippen LogP contribution in [0.5, 0.6) is 5.75 Å². The molecular formula is C26H32N4O4. The lowest BCUT2D eigenvalue weighted by atomic mass is 9.85. The van der Waals surface area contributed by atoms with E-state index < -0.39 is 5.54 Å². The average molecular weight is 465 g/mol. The van der Waals surface area contributed by atoms with Gasteiger partial charge in [0, 0.05) is 30.9 Å². The summed E-state index contributed by atoms with van der Waals surface area (Å²) in [5.74, 6) is 0.546. The fraction of sp³-hybridized carbons (Fsp3) is 0.423. The van der Waals surface area contributed by atoms with Crippen molar-refractivity contribution in [3.8, 4) is 5.75 Å². The molecule has 2 heterocycles. The van der Waals surface area contributed by atoms with E-state index in [0.717, 1.165) is 12.1 Å². The van der Waals surface area contributed by atoms with Gasteiger partial charge in [-0.25, -0.2) is 0 Å². The number of carbonyl (C=O) groups is 3. The topological polar surface area (TPSA) is 82.2 Å². The van der Waals surface area contributed by atoms with Gasteiger partial charge in [-0.2, -0.15) is 0 Å². The van der Waals surface area contributed by atoms with Gasteiger partial charge in [0.25, 0.3) is 5.91 Å². The number of piperidine rings is 1. The lowest BCUT2D eigenvalue weighted by Gasteiger charge is -2.43. The van der Waals surface area contributed by atoms with Crippen LogP contribution in [0.15, 0.2) is 54.6 Å². The zero-order chi connectivity index (χ0) is 24.1. The highest BCUT2D eigenvalue weighted by atomic mass is 16.5. The molecule has 2 aromatic carbocycles. The number of rotatable bonds is 7. The molecule has 0 unspecified atom stereocenters. The van der Waals surface area contributed by atoms with Gasteiger partial charge in [0.05, 0.1) is 13.8 Å². The number of benzene rings is 2. The molecule has 1 spiro atoms. The Hall–Kier alpha value is -3.55. The summed E-state index contributed by atoms with van der Waals surface area (Å²) in [6, 6.07) is 16.9. The first-order chi connectivity index (χ1) is 16.5. The van der Waals surface area contributed by atoms with Gasteiger partial charge in [0.15, 0.2) is 0 Å². The van der Waals surface area contributed by atoms with Crippen molar-refractivity contribution in [3.63, 3.8) is 0 Å². The summed E-state index contributed by atoms with van der Waals surface area (Å²) in [5, 5.41) is 2.86. The Kier molecular flexibility index (Phi) is 7.05. The number of amides is 3. The Bertz CT molecular complexity index is 1020. The van der Waals surface area contributed by atoms with E-state index in [4.69, 9.17) is 4.74 Å². The first-order valence-corrected chi connectivity index (χ1v) is 11.8. The molecule has 180 valence electrons. The van der Waals surface area contributed by atoms with Crippen molar-refractivity contribution in [2.45, 2.75) is 38.1 Å². The summed E-state index contributed by atoms with van der Waals surface area (Å²) in [5.41, 5.74) is 0.849. The highest BCUT2D eigenvalue weighted by Gasteiger charge is 2.54. The van der Waals surface area contributed by atoms with Crippen LogP contribution in [0, 0.1) is 0 Å². The molecule has 8 nitrogen and oxygen atoms in total. The van der Waals surface area contributed by atoms with Crippen LogP contribution in [0.3, 0.4) is 0 Å². The molecule has 4 rings (SSSR count). The molecule has 0 aliphatic carbocycles. The number of methoxy groups -OCH3 is 1. The minimum atomic E-state index is -0.745. The first kappa shape index (κ1) is 23.6. The summed E-state index contributed by atoms with van der Waals surface area (Å²) >= 11 is 0. The van der Waals surface area contributed by atoms with Crippen molar-refractivity contribution in [1.82, 2.24) is 9.80 Å². The molecule has 0 atom stereocenters. The monoisotopic (exact) mass is 464 g/mol. The van der Waals surface area contributed by atoms with Crippen LogP contribution in [0.2, 0.25) is 0 Å². The second-order valence-corrected chi connectivity index (χ2v) is 8.85. The van der Waals surface area contributed by atoms with Crippen LogP contribution < -0.4 is 15.0 Å². The molecule has 2 saturated heterocycles. The zero-order valence-electron chi connectivity index (χ0n) is 19.8. The van der Waals surface area contributed by atoms with E-state index in [1.54, 1.807) is 36.3 Å². The van der Waals surface area contributed by atoms with Crippen LogP contribution >= 0.6 is 0 Å². The number of nitrogens with zero attached hydrogens (tertiary/aromatic N) is 3. The molecule has 0 radical (unpaired) electrons. The minimum absolute atomic E-state index is 0.0333. The molecule has 1 N–H and O–H groups in total. The zero-order valence-corrected chi connectivity index (χ0v) is 19.8. The van der Waals surface area contributed by atoms with Gasteiger partial charge in [-0.15, -0.1) is 0 Å². The van der Waals surface area contributed by atoms with Crippen molar-refractivity contribution in [3.05, 3.63) is 54.6 Å². The fourth-order valence-corrected chi connectivity index (χ4v) is 4.87. The number of ether oxygens (including phenoxy) is 1. The second-order valence-electron chi connectivity index (χ2n) is 8.85. The average Bonchev–Trinajstić information content (AvgIpc) is 3.11. The summed E-state index contributed by atoms with van der Waals surface area (Å²) in [6.45, 7) is 3.38. The maximum Gasteiger partial charge on any atom is 0.250 e. The van der Waals surface area contributed by atoms with Crippen molar-refractivity contribution in [2.75, 3.05) is 43.6 Å². The van der Waals surface area contributed by atoms with Crippen LogP contribution in [-0.2, 0) is 14.4 Å². The summed E-state index contributed by atoms with van der Waals surface area (Å²) in [6.07, 6.45) is 2.44.